The predicted octanol–water partition coefficient (Wildman–Crippen LogP) is 5.07. The lowest BCUT2D eigenvalue weighted by atomic mass is 10.1. The van der Waals surface area contributed by atoms with Gasteiger partial charge < -0.3 is 5.32 Å². The Kier molecular flexibility index (Phi) is 4.41. The lowest BCUT2D eigenvalue weighted by molar-refractivity contribution is -0.113. The van der Waals surface area contributed by atoms with E-state index in [1.165, 1.54) is 11.8 Å². The van der Waals surface area contributed by atoms with Gasteiger partial charge in [-0.15, -0.1) is 10.2 Å². The van der Waals surface area contributed by atoms with Crippen LogP contribution in [0.5, 0.6) is 0 Å². The minimum Gasteiger partial charge on any atom is -0.325 e. The Morgan fingerprint density at radius 2 is 1.76 bits per heavy atom. The van der Waals surface area contributed by atoms with Gasteiger partial charge in [-0.05, 0) is 47.5 Å². The minimum absolute atomic E-state index is 0.0709. The van der Waals surface area contributed by atoms with Gasteiger partial charge in [0.1, 0.15) is 0 Å². The van der Waals surface area contributed by atoms with Gasteiger partial charge in [-0.1, -0.05) is 60.3 Å². The summed E-state index contributed by atoms with van der Waals surface area (Å²) in [6.07, 6.45) is 0. The molecule has 0 spiro atoms. The molecule has 3 aromatic carbocycles. The van der Waals surface area contributed by atoms with E-state index in [0.717, 1.165) is 38.6 Å². The molecule has 0 aliphatic rings. The van der Waals surface area contributed by atoms with Crippen molar-refractivity contribution in [3.8, 4) is 0 Å². The average Bonchev–Trinajstić information content (AvgIpc) is 3.15. The van der Waals surface area contributed by atoms with Crippen LogP contribution in [0.15, 0.2) is 78.0 Å². The Hall–Kier alpha value is -3.38. The van der Waals surface area contributed by atoms with Crippen LogP contribution in [0, 0.1) is 6.92 Å². The molecule has 1 N–H and O–H groups in total. The van der Waals surface area contributed by atoms with Crippen molar-refractivity contribution in [3.63, 3.8) is 0 Å². The number of hydrogen-bond donors (Lipinski definition) is 1. The number of hydrogen-bond acceptors (Lipinski definition) is 4. The quantitative estimate of drug-likeness (QED) is 0.429. The first kappa shape index (κ1) is 17.7. The number of rotatable bonds is 4. The highest BCUT2D eigenvalue weighted by atomic mass is 32.2. The monoisotopic (exact) mass is 398 g/mol. The zero-order valence-electron chi connectivity index (χ0n) is 15.8. The number of para-hydroxylation sites is 1. The van der Waals surface area contributed by atoms with E-state index in [1.807, 2.05) is 59.0 Å². The molecule has 0 bridgehead atoms. The van der Waals surface area contributed by atoms with Gasteiger partial charge >= 0.3 is 0 Å². The maximum atomic E-state index is 12.5. The highest BCUT2D eigenvalue weighted by Gasteiger charge is 2.13. The number of nitrogens with one attached hydrogen (secondary N) is 1. The maximum Gasteiger partial charge on any atom is 0.234 e. The third kappa shape index (κ3) is 3.32. The van der Waals surface area contributed by atoms with Gasteiger partial charge in [0.2, 0.25) is 5.91 Å². The van der Waals surface area contributed by atoms with E-state index in [-0.39, 0.29) is 11.7 Å². The SMILES string of the molecule is Cc1cc2nnc(SCC(=O)Nc3ccc4ccccc4c3)n2c2ccccc12. The van der Waals surface area contributed by atoms with Crippen LogP contribution in [-0.2, 0) is 4.79 Å². The standard InChI is InChI=1S/C23H18N4OS/c1-15-12-21-25-26-23(27(21)20-9-5-4-8-19(15)20)29-14-22(28)24-18-11-10-16-6-2-3-7-17(16)13-18/h2-13H,14H2,1H3,(H,24,28). The van der Waals surface area contributed by atoms with E-state index in [4.69, 9.17) is 0 Å². The Balaban J connectivity index is 1.37. The molecule has 0 aliphatic carbocycles. The molecule has 0 radical (unpaired) electrons. The molecule has 2 aromatic heterocycles. The number of aryl methyl sites for hydroxylation is 1. The highest BCUT2D eigenvalue weighted by Crippen LogP contribution is 2.26. The van der Waals surface area contributed by atoms with Crippen molar-refractivity contribution in [2.24, 2.45) is 0 Å². The third-order valence-corrected chi connectivity index (χ3v) is 5.87. The second-order valence-corrected chi connectivity index (χ2v) is 7.86. The van der Waals surface area contributed by atoms with Crippen LogP contribution in [-0.4, -0.2) is 26.3 Å². The normalized spacial score (nSPS) is 11.3. The van der Waals surface area contributed by atoms with Gasteiger partial charge in [-0.25, -0.2) is 0 Å². The molecular weight excluding hydrogens is 380 g/mol. The lowest BCUT2D eigenvalue weighted by Crippen LogP contribution is -2.14. The topological polar surface area (TPSA) is 59.3 Å². The second-order valence-electron chi connectivity index (χ2n) is 6.92. The van der Waals surface area contributed by atoms with Crippen molar-refractivity contribution >= 4 is 50.7 Å². The summed E-state index contributed by atoms with van der Waals surface area (Å²) in [6, 6.07) is 24.2. The van der Waals surface area contributed by atoms with Crippen molar-refractivity contribution in [1.82, 2.24) is 14.6 Å². The summed E-state index contributed by atoms with van der Waals surface area (Å²) in [4.78, 5) is 12.5. The molecule has 142 valence electrons. The molecule has 5 aromatic rings. The molecule has 0 saturated heterocycles. The van der Waals surface area contributed by atoms with Crippen molar-refractivity contribution < 1.29 is 4.79 Å². The molecule has 0 saturated carbocycles. The summed E-state index contributed by atoms with van der Waals surface area (Å²) in [7, 11) is 0. The van der Waals surface area contributed by atoms with Crippen molar-refractivity contribution in [1.29, 1.82) is 0 Å². The van der Waals surface area contributed by atoms with E-state index >= 15 is 0 Å². The summed E-state index contributed by atoms with van der Waals surface area (Å²) in [5.41, 5.74) is 3.79. The van der Waals surface area contributed by atoms with Crippen LogP contribution in [0.4, 0.5) is 5.69 Å². The fourth-order valence-electron chi connectivity index (χ4n) is 3.56. The predicted molar refractivity (Wildman–Crippen MR) is 119 cm³/mol. The van der Waals surface area contributed by atoms with Crippen molar-refractivity contribution in [3.05, 3.63) is 78.4 Å². The first-order chi connectivity index (χ1) is 14.2. The first-order valence-electron chi connectivity index (χ1n) is 9.34. The third-order valence-electron chi connectivity index (χ3n) is 4.94. The molecule has 5 nitrogen and oxygen atoms in total. The van der Waals surface area contributed by atoms with E-state index in [9.17, 15) is 4.79 Å². The van der Waals surface area contributed by atoms with Gasteiger partial charge in [0.15, 0.2) is 10.8 Å². The fraction of sp³-hybridized carbons (Fsp3) is 0.0870. The Morgan fingerprint density at radius 3 is 2.66 bits per heavy atom. The molecule has 0 unspecified atom stereocenters. The van der Waals surface area contributed by atoms with Crippen LogP contribution >= 0.6 is 11.8 Å². The van der Waals surface area contributed by atoms with E-state index < -0.39 is 0 Å². The second kappa shape index (κ2) is 7.22. The summed E-state index contributed by atoms with van der Waals surface area (Å²) in [5, 5.41) is 15.7. The van der Waals surface area contributed by atoms with Gasteiger partial charge in [-0.3, -0.25) is 9.20 Å². The number of carbonyl (C=O) groups excluding carboxylic acids is 1. The zero-order valence-corrected chi connectivity index (χ0v) is 16.6. The van der Waals surface area contributed by atoms with Crippen LogP contribution in [0.2, 0.25) is 0 Å². The van der Waals surface area contributed by atoms with E-state index in [1.54, 1.807) is 0 Å². The summed E-state index contributed by atoms with van der Waals surface area (Å²) in [5.74, 6) is 0.189. The number of anilines is 1. The van der Waals surface area contributed by atoms with E-state index in [0.29, 0.717) is 5.16 Å². The van der Waals surface area contributed by atoms with Crippen LogP contribution in [0.1, 0.15) is 5.56 Å². The fourth-order valence-corrected chi connectivity index (χ4v) is 4.31. The number of benzene rings is 3. The molecular formula is C23H18N4OS. The van der Waals surface area contributed by atoms with Crippen molar-refractivity contribution in [2.45, 2.75) is 12.1 Å². The summed E-state index contributed by atoms with van der Waals surface area (Å²) < 4.78 is 2.01. The molecule has 0 aliphatic heterocycles. The molecule has 2 heterocycles. The van der Waals surface area contributed by atoms with Gasteiger partial charge in [0.05, 0.1) is 11.3 Å². The number of amides is 1. The zero-order chi connectivity index (χ0) is 19.8. The number of thioether (sulfide) groups is 1. The molecule has 6 heteroatoms. The minimum atomic E-state index is -0.0709. The molecule has 29 heavy (non-hydrogen) atoms. The number of nitrogens with zero attached hydrogens (tertiary/aromatic N) is 3. The van der Waals surface area contributed by atoms with Gasteiger partial charge in [-0.2, -0.15) is 0 Å². The van der Waals surface area contributed by atoms with Gasteiger partial charge in [0, 0.05) is 11.1 Å². The highest BCUT2D eigenvalue weighted by molar-refractivity contribution is 7.99. The maximum absolute atomic E-state index is 12.5. The van der Waals surface area contributed by atoms with Gasteiger partial charge in [0.25, 0.3) is 0 Å². The van der Waals surface area contributed by atoms with Crippen LogP contribution < -0.4 is 5.32 Å². The number of aromatic nitrogens is 3. The largest absolute Gasteiger partial charge is 0.325 e. The lowest BCUT2D eigenvalue weighted by Gasteiger charge is -2.08. The summed E-state index contributed by atoms with van der Waals surface area (Å²) in [6.45, 7) is 2.07. The summed E-state index contributed by atoms with van der Waals surface area (Å²) >= 11 is 1.39. The molecule has 5 rings (SSSR count). The number of pyridine rings is 1. The molecule has 1 amide bonds. The Morgan fingerprint density at radius 1 is 0.966 bits per heavy atom. The number of carbonyl (C=O) groups is 1. The van der Waals surface area contributed by atoms with Crippen molar-refractivity contribution in [2.75, 3.05) is 11.1 Å². The Bertz CT molecular complexity index is 1380. The van der Waals surface area contributed by atoms with Crippen LogP contribution in [0.25, 0.3) is 27.3 Å². The van der Waals surface area contributed by atoms with Crippen LogP contribution in [0.3, 0.4) is 0 Å². The smallest absolute Gasteiger partial charge is 0.234 e. The molecule has 0 atom stereocenters. The first-order valence-corrected chi connectivity index (χ1v) is 10.3. The molecule has 0 fully saturated rings. The Labute approximate surface area is 171 Å². The van der Waals surface area contributed by atoms with E-state index in [2.05, 4.69) is 40.6 Å². The average molecular weight is 398 g/mol. The number of fused-ring (bicyclic) bond motifs is 4.